The summed E-state index contributed by atoms with van der Waals surface area (Å²) in [7, 11) is 1.57. The second-order valence-electron chi connectivity index (χ2n) is 6.55. The van der Waals surface area contributed by atoms with E-state index in [4.69, 9.17) is 4.74 Å². The van der Waals surface area contributed by atoms with E-state index in [0.717, 1.165) is 10.5 Å². The third-order valence-electron chi connectivity index (χ3n) is 4.61. The third kappa shape index (κ3) is 3.48. The quantitative estimate of drug-likeness (QED) is 0.795. The van der Waals surface area contributed by atoms with Gasteiger partial charge in [0.25, 0.3) is 5.91 Å². The van der Waals surface area contributed by atoms with Crippen molar-refractivity contribution in [1.82, 2.24) is 10.2 Å². The van der Waals surface area contributed by atoms with Gasteiger partial charge in [0.1, 0.15) is 17.8 Å². The van der Waals surface area contributed by atoms with Gasteiger partial charge in [-0.05, 0) is 49.2 Å². The highest BCUT2D eigenvalue weighted by atomic mass is 16.5. The summed E-state index contributed by atoms with van der Waals surface area (Å²) >= 11 is 0. The minimum absolute atomic E-state index is 0.357. The summed E-state index contributed by atoms with van der Waals surface area (Å²) in [5.41, 5.74) is 0.841. The van der Waals surface area contributed by atoms with Crippen LogP contribution < -0.4 is 15.4 Å². The smallest absolute Gasteiger partial charge is 0.325 e. The van der Waals surface area contributed by atoms with Gasteiger partial charge >= 0.3 is 6.03 Å². The predicted molar refractivity (Wildman–Crippen MR) is 100 cm³/mol. The van der Waals surface area contributed by atoms with Crippen molar-refractivity contribution in [1.29, 1.82) is 0 Å². The third-order valence-corrected chi connectivity index (χ3v) is 4.61. The van der Waals surface area contributed by atoms with E-state index < -0.39 is 23.4 Å². The van der Waals surface area contributed by atoms with Crippen LogP contribution in [0.5, 0.6) is 5.75 Å². The van der Waals surface area contributed by atoms with Gasteiger partial charge in [-0.25, -0.2) is 4.79 Å². The van der Waals surface area contributed by atoms with Gasteiger partial charge in [0.05, 0.1) is 7.11 Å². The molecule has 2 aromatic carbocycles. The second kappa shape index (κ2) is 7.11. The Hall–Kier alpha value is -3.35. The van der Waals surface area contributed by atoms with E-state index >= 15 is 0 Å². The molecule has 0 aliphatic carbocycles. The fraction of sp³-hybridized carbons (Fsp3) is 0.250. The van der Waals surface area contributed by atoms with Gasteiger partial charge in [0, 0.05) is 5.69 Å². The average molecular weight is 367 g/mol. The number of amides is 4. The summed E-state index contributed by atoms with van der Waals surface area (Å²) < 4.78 is 5.24. The molecule has 0 saturated carbocycles. The number of benzene rings is 2. The number of urea groups is 1. The number of hydrogen-bond donors (Lipinski definition) is 2. The minimum Gasteiger partial charge on any atom is -0.496 e. The van der Waals surface area contributed by atoms with Crippen LogP contribution in [0.1, 0.15) is 18.1 Å². The van der Waals surface area contributed by atoms with Crippen LogP contribution >= 0.6 is 0 Å². The SMILES string of the molecule is COc1ccc(C2(C)NC(=O)N(CC(=O)Nc3ccccc3)C2=O)cc1C. The number of ether oxygens (including phenoxy) is 1. The number of anilines is 1. The maximum absolute atomic E-state index is 12.9. The first kappa shape index (κ1) is 18.4. The van der Waals surface area contributed by atoms with Gasteiger partial charge in [-0.2, -0.15) is 0 Å². The Bertz CT molecular complexity index is 897. The topological polar surface area (TPSA) is 87.7 Å². The van der Waals surface area contributed by atoms with Gasteiger partial charge in [-0.1, -0.05) is 24.3 Å². The van der Waals surface area contributed by atoms with Gasteiger partial charge in [-0.15, -0.1) is 0 Å². The van der Waals surface area contributed by atoms with Gasteiger partial charge in [0.15, 0.2) is 0 Å². The molecular weight excluding hydrogens is 346 g/mol. The van der Waals surface area contributed by atoms with Gasteiger partial charge < -0.3 is 15.4 Å². The lowest BCUT2D eigenvalue weighted by Gasteiger charge is -2.23. The van der Waals surface area contributed by atoms with Crippen molar-refractivity contribution in [3.63, 3.8) is 0 Å². The van der Waals surface area contributed by atoms with Crippen molar-refractivity contribution < 1.29 is 19.1 Å². The molecule has 2 aromatic rings. The zero-order valence-corrected chi connectivity index (χ0v) is 15.4. The maximum atomic E-state index is 12.9. The summed E-state index contributed by atoms with van der Waals surface area (Å²) in [5.74, 6) is -0.224. The fourth-order valence-electron chi connectivity index (χ4n) is 3.09. The Kier molecular flexibility index (Phi) is 4.85. The fourth-order valence-corrected chi connectivity index (χ4v) is 3.09. The first-order chi connectivity index (χ1) is 12.8. The number of nitrogens with one attached hydrogen (secondary N) is 2. The lowest BCUT2D eigenvalue weighted by molar-refractivity contribution is -0.133. The average Bonchev–Trinajstić information content (AvgIpc) is 2.86. The van der Waals surface area contributed by atoms with E-state index in [2.05, 4.69) is 10.6 Å². The van der Waals surface area contributed by atoms with Crippen LogP contribution in [0.3, 0.4) is 0 Å². The summed E-state index contributed by atoms with van der Waals surface area (Å²) in [4.78, 5) is 38.5. The first-order valence-corrected chi connectivity index (χ1v) is 8.49. The van der Waals surface area contributed by atoms with E-state index in [1.807, 2.05) is 13.0 Å². The van der Waals surface area contributed by atoms with Crippen LogP contribution in [0.25, 0.3) is 0 Å². The summed E-state index contributed by atoms with van der Waals surface area (Å²) in [6, 6.07) is 13.5. The van der Waals surface area contributed by atoms with Crippen LogP contribution in [-0.4, -0.2) is 36.4 Å². The van der Waals surface area contributed by atoms with Gasteiger partial charge in [-0.3, -0.25) is 14.5 Å². The number of aryl methyl sites for hydroxylation is 1. The Morgan fingerprint density at radius 1 is 1.19 bits per heavy atom. The van der Waals surface area contributed by atoms with Crippen LogP contribution in [-0.2, 0) is 15.1 Å². The number of nitrogens with zero attached hydrogens (tertiary/aromatic N) is 1. The summed E-state index contributed by atoms with van der Waals surface area (Å²) in [6.07, 6.45) is 0. The molecule has 0 bridgehead atoms. The Labute approximate surface area is 157 Å². The molecule has 0 aromatic heterocycles. The molecule has 3 rings (SSSR count). The van der Waals surface area contributed by atoms with Crippen LogP contribution in [0, 0.1) is 6.92 Å². The van der Waals surface area contributed by atoms with Gasteiger partial charge in [0.2, 0.25) is 5.91 Å². The second-order valence-corrected chi connectivity index (χ2v) is 6.55. The number of methoxy groups -OCH3 is 1. The van der Waals surface area contributed by atoms with E-state index in [1.54, 1.807) is 56.5 Å². The molecule has 1 heterocycles. The molecular formula is C20H21N3O4. The highest BCUT2D eigenvalue weighted by molar-refractivity contribution is 6.10. The standard InChI is InChI=1S/C20H21N3O4/c1-13-11-14(9-10-16(13)27-3)20(2)18(25)23(19(26)22-20)12-17(24)21-15-7-5-4-6-8-15/h4-11H,12H2,1-3H3,(H,21,24)(H,22,26). The van der Waals surface area contributed by atoms with Crippen molar-refractivity contribution in [3.8, 4) is 5.75 Å². The zero-order chi connectivity index (χ0) is 19.6. The molecule has 7 heteroatoms. The number of para-hydroxylation sites is 1. The number of carbonyl (C=O) groups is 3. The molecule has 140 valence electrons. The number of hydrogen-bond acceptors (Lipinski definition) is 4. The number of carbonyl (C=O) groups excluding carboxylic acids is 3. The molecule has 1 aliphatic heterocycles. The van der Waals surface area contributed by atoms with E-state index in [9.17, 15) is 14.4 Å². The molecule has 1 atom stereocenters. The van der Waals surface area contributed by atoms with E-state index in [1.165, 1.54) is 0 Å². The highest BCUT2D eigenvalue weighted by Crippen LogP contribution is 2.31. The number of rotatable bonds is 5. The molecule has 27 heavy (non-hydrogen) atoms. The first-order valence-electron chi connectivity index (χ1n) is 8.49. The molecule has 0 radical (unpaired) electrons. The molecule has 0 spiro atoms. The Morgan fingerprint density at radius 3 is 2.52 bits per heavy atom. The van der Waals surface area contributed by atoms with Crippen molar-refractivity contribution >= 4 is 23.5 Å². The molecule has 1 unspecified atom stereocenters. The molecule has 1 aliphatic rings. The lowest BCUT2D eigenvalue weighted by Crippen LogP contribution is -2.42. The summed E-state index contributed by atoms with van der Waals surface area (Å²) in [5, 5.41) is 5.37. The summed E-state index contributed by atoms with van der Waals surface area (Å²) in [6.45, 7) is 3.13. The Morgan fingerprint density at radius 2 is 1.89 bits per heavy atom. The van der Waals surface area contributed by atoms with Crippen molar-refractivity contribution in [3.05, 3.63) is 59.7 Å². The molecule has 1 saturated heterocycles. The van der Waals surface area contributed by atoms with E-state index in [0.29, 0.717) is 17.0 Å². The van der Waals surface area contributed by atoms with Crippen molar-refractivity contribution in [2.75, 3.05) is 19.0 Å². The monoisotopic (exact) mass is 367 g/mol. The Balaban J connectivity index is 1.78. The predicted octanol–water partition coefficient (Wildman–Crippen LogP) is 2.41. The van der Waals surface area contributed by atoms with Crippen LogP contribution in [0.4, 0.5) is 10.5 Å². The molecule has 4 amide bonds. The lowest BCUT2D eigenvalue weighted by atomic mass is 9.90. The molecule has 7 nitrogen and oxygen atoms in total. The molecule has 1 fully saturated rings. The number of imide groups is 1. The van der Waals surface area contributed by atoms with Crippen molar-refractivity contribution in [2.45, 2.75) is 19.4 Å². The maximum Gasteiger partial charge on any atom is 0.325 e. The van der Waals surface area contributed by atoms with Crippen LogP contribution in [0.15, 0.2) is 48.5 Å². The van der Waals surface area contributed by atoms with Crippen molar-refractivity contribution in [2.24, 2.45) is 0 Å². The largest absolute Gasteiger partial charge is 0.496 e. The zero-order valence-electron chi connectivity index (χ0n) is 15.4. The van der Waals surface area contributed by atoms with E-state index in [-0.39, 0.29) is 6.54 Å². The van der Waals surface area contributed by atoms with Crippen LogP contribution in [0.2, 0.25) is 0 Å². The minimum atomic E-state index is -1.23. The normalized spacial score (nSPS) is 19.0. The molecule has 2 N–H and O–H groups in total. The highest BCUT2D eigenvalue weighted by Gasteiger charge is 2.49.